The second kappa shape index (κ2) is 13.3. The Morgan fingerprint density at radius 2 is 1.89 bits per heavy atom. The van der Waals surface area contributed by atoms with Crippen molar-refractivity contribution in [3.8, 4) is 16.5 Å². The Labute approximate surface area is 314 Å². The van der Waals surface area contributed by atoms with Crippen molar-refractivity contribution in [3.63, 3.8) is 0 Å². The zero-order valence-electron chi connectivity index (χ0n) is 29.0. The summed E-state index contributed by atoms with van der Waals surface area (Å²) in [6.07, 6.45) is -1.05. The van der Waals surface area contributed by atoms with E-state index in [4.69, 9.17) is 21.3 Å². The first-order valence-electron chi connectivity index (χ1n) is 17.2. The standard InChI is InChI=1S/C35H33ClF3N9O5S/c1-3-23-27(45-8-10-46(11-9-45)31(51)26-28(50)18(2)40-17-41-26)32(52)48-33(43-30(44-48)24-12-19-15-53-16-34(6-7-34)29(19)54-24)47(23)14-25(49)42-22-5-4-20(13-21(22)36)35(37,38)39/h4-5,12-13,17,50H,3,6-11,14-16H2,1-2H3,(H,42,49). The lowest BCUT2D eigenvalue weighted by Gasteiger charge is -2.36. The molecule has 54 heavy (non-hydrogen) atoms. The monoisotopic (exact) mass is 783 g/mol. The molecule has 0 atom stereocenters. The maximum Gasteiger partial charge on any atom is 0.416 e. The van der Waals surface area contributed by atoms with Gasteiger partial charge in [0.15, 0.2) is 17.3 Å². The molecule has 2 fully saturated rings. The van der Waals surface area contributed by atoms with Crippen LogP contribution in [0.4, 0.5) is 24.5 Å². The number of nitrogens with one attached hydrogen (secondary N) is 1. The Balaban J connectivity index is 1.16. The second-order valence-electron chi connectivity index (χ2n) is 13.6. The zero-order chi connectivity index (χ0) is 38.1. The fraction of sp³-hybridized carbons (Fsp3) is 0.400. The van der Waals surface area contributed by atoms with Gasteiger partial charge < -0.3 is 29.5 Å². The summed E-state index contributed by atoms with van der Waals surface area (Å²) in [6, 6.07) is 4.64. The largest absolute Gasteiger partial charge is 0.504 e. The van der Waals surface area contributed by atoms with Crippen LogP contribution in [-0.4, -0.2) is 83.7 Å². The van der Waals surface area contributed by atoms with E-state index in [9.17, 15) is 32.7 Å². The van der Waals surface area contributed by atoms with Crippen LogP contribution in [0.2, 0.25) is 5.02 Å². The first kappa shape index (κ1) is 35.9. The van der Waals surface area contributed by atoms with Crippen LogP contribution >= 0.6 is 22.9 Å². The van der Waals surface area contributed by atoms with E-state index in [1.807, 2.05) is 17.9 Å². The van der Waals surface area contributed by atoms with E-state index >= 15 is 0 Å². The van der Waals surface area contributed by atoms with Crippen molar-refractivity contribution in [2.75, 3.05) is 43.0 Å². The number of rotatable bonds is 7. The normalized spacial score (nSPS) is 16.6. The lowest BCUT2D eigenvalue weighted by Crippen LogP contribution is -2.51. The molecule has 1 saturated heterocycles. The van der Waals surface area contributed by atoms with Gasteiger partial charge in [0.05, 0.1) is 45.8 Å². The summed E-state index contributed by atoms with van der Waals surface area (Å²) in [6.45, 7) is 5.01. The summed E-state index contributed by atoms with van der Waals surface area (Å²) in [5.41, 5.74) is 0.536. The maximum atomic E-state index is 14.4. The van der Waals surface area contributed by atoms with E-state index in [0.717, 1.165) is 41.5 Å². The van der Waals surface area contributed by atoms with Crippen molar-refractivity contribution in [2.24, 2.45) is 0 Å². The topological polar surface area (TPSA) is 160 Å². The highest BCUT2D eigenvalue weighted by Crippen LogP contribution is 2.55. The third-order valence-corrected chi connectivity index (χ3v) is 11.9. The molecule has 0 unspecified atom stereocenters. The Morgan fingerprint density at radius 1 is 1.13 bits per heavy atom. The molecule has 2 N–H and O–H groups in total. The predicted octanol–water partition coefficient (Wildman–Crippen LogP) is 4.82. The number of anilines is 2. The van der Waals surface area contributed by atoms with E-state index in [-0.39, 0.29) is 83.9 Å². The molecule has 2 amide bonds. The SMILES string of the molecule is CCc1c(N2CCN(C(=O)c3ncnc(C)c3O)CC2)c(=O)n2nc(-c3cc4c(s3)C3(CC3)COC4)nc2n1CC(=O)Nc1ccc(C(F)(F)F)cc1Cl. The van der Waals surface area contributed by atoms with Crippen LogP contribution < -0.4 is 15.8 Å². The first-order chi connectivity index (χ1) is 25.8. The fourth-order valence-electron chi connectivity index (χ4n) is 7.11. The van der Waals surface area contributed by atoms with Gasteiger partial charge in [0, 0.05) is 36.5 Å². The molecule has 4 aromatic heterocycles. The van der Waals surface area contributed by atoms with Crippen LogP contribution in [0.3, 0.4) is 0 Å². The number of aromatic nitrogens is 6. The van der Waals surface area contributed by atoms with E-state index in [1.165, 1.54) is 20.6 Å². The van der Waals surface area contributed by atoms with Gasteiger partial charge in [-0.05, 0) is 56.0 Å². The minimum absolute atomic E-state index is 0.00798. The number of piperazine rings is 1. The van der Waals surface area contributed by atoms with E-state index in [2.05, 4.69) is 20.4 Å². The number of benzene rings is 1. The van der Waals surface area contributed by atoms with Gasteiger partial charge in [0.25, 0.3) is 11.5 Å². The van der Waals surface area contributed by atoms with Gasteiger partial charge in [-0.3, -0.25) is 14.4 Å². The molecular formula is C35H33ClF3N9O5S. The van der Waals surface area contributed by atoms with Crippen molar-refractivity contribution in [1.82, 2.24) is 34.0 Å². The molecule has 5 aromatic rings. The van der Waals surface area contributed by atoms with Gasteiger partial charge >= 0.3 is 6.18 Å². The van der Waals surface area contributed by atoms with E-state index in [1.54, 1.807) is 22.8 Å². The lowest BCUT2D eigenvalue weighted by atomic mass is 10.0. The van der Waals surface area contributed by atoms with Crippen molar-refractivity contribution in [1.29, 1.82) is 0 Å². The molecule has 1 spiro atoms. The summed E-state index contributed by atoms with van der Waals surface area (Å²) in [5, 5.41) is 17.4. The van der Waals surface area contributed by atoms with Crippen molar-refractivity contribution in [2.45, 2.75) is 57.9 Å². The lowest BCUT2D eigenvalue weighted by molar-refractivity contribution is -0.137. The number of hydrogen-bond acceptors (Lipinski definition) is 11. The van der Waals surface area contributed by atoms with Crippen LogP contribution in [0.1, 0.15) is 57.6 Å². The van der Waals surface area contributed by atoms with Crippen molar-refractivity contribution >= 4 is 51.9 Å². The van der Waals surface area contributed by atoms with E-state index in [0.29, 0.717) is 24.7 Å². The number of thiophene rings is 1. The summed E-state index contributed by atoms with van der Waals surface area (Å²) in [4.78, 5) is 59.4. The predicted molar refractivity (Wildman–Crippen MR) is 192 cm³/mol. The molecule has 2 aliphatic heterocycles. The van der Waals surface area contributed by atoms with Crippen LogP contribution in [0.25, 0.3) is 16.5 Å². The number of hydrogen-bond donors (Lipinski definition) is 2. The molecule has 14 nitrogen and oxygen atoms in total. The van der Waals surface area contributed by atoms with E-state index < -0.39 is 29.1 Å². The highest BCUT2D eigenvalue weighted by molar-refractivity contribution is 7.15. The first-order valence-corrected chi connectivity index (χ1v) is 18.4. The molecule has 8 rings (SSSR count). The number of halogens is 4. The smallest absolute Gasteiger partial charge is 0.416 e. The second-order valence-corrected chi connectivity index (χ2v) is 15.1. The molecule has 1 aliphatic carbocycles. The molecule has 19 heteroatoms. The summed E-state index contributed by atoms with van der Waals surface area (Å²) < 4.78 is 48.4. The Kier molecular flexibility index (Phi) is 8.88. The summed E-state index contributed by atoms with van der Waals surface area (Å²) in [5.74, 6) is -0.982. The molecular weight excluding hydrogens is 751 g/mol. The van der Waals surface area contributed by atoms with Gasteiger partial charge in [-0.1, -0.05) is 18.5 Å². The third kappa shape index (κ3) is 6.24. The van der Waals surface area contributed by atoms with Crippen LogP contribution in [0.5, 0.6) is 5.75 Å². The van der Waals surface area contributed by atoms with Crippen molar-refractivity contribution in [3.05, 3.63) is 79.1 Å². The average molecular weight is 784 g/mol. The zero-order valence-corrected chi connectivity index (χ0v) is 30.6. The number of aromatic hydroxyl groups is 1. The van der Waals surface area contributed by atoms with Crippen LogP contribution in [-0.2, 0) is 40.7 Å². The number of fused-ring (bicyclic) bond motifs is 3. The highest BCUT2D eigenvalue weighted by atomic mass is 35.5. The van der Waals surface area contributed by atoms with Gasteiger partial charge in [-0.15, -0.1) is 16.4 Å². The maximum absolute atomic E-state index is 14.4. The number of nitrogens with zero attached hydrogens (tertiary/aromatic N) is 8. The molecule has 1 aromatic carbocycles. The Bertz CT molecular complexity index is 2400. The van der Waals surface area contributed by atoms with Crippen LogP contribution in [0, 0.1) is 6.92 Å². The third-order valence-electron chi connectivity index (χ3n) is 10.1. The fourth-order valence-corrected chi connectivity index (χ4v) is 8.66. The number of aryl methyl sites for hydroxylation is 1. The summed E-state index contributed by atoms with van der Waals surface area (Å²) >= 11 is 7.73. The highest BCUT2D eigenvalue weighted by Gasteiger charge is 2.49. The quantitative estimate of drug-likeness (QED) is 0.234. The number of amides is 2. The minimum atomic E-state index is -4.62. The molecule has 3 aliphatic rings. The molecule has 1 saturated carbocycles. The minimum Gasteiger partial charge on any atom is -0.504 e. The number of alkyl halides is 3. The van der Waals surface area contributed by atoms with Gasteiger partial charge in [0.2, 0.25) is 11.7 Å². The molecule has 0 radical (unpaired) electrons. The van der Waals surface area contributed by atoms with Gasteiger partial charge in [0.1, 0.15) is 18.6 Å². The van der Waals surface area contributed by atoms with Gasteiger partial charge in [-0.25, -0.2) is 9.97 Å². The van der Waals surface area contributed by atoms with Crippen molar-refractivity contribution < 1.29 is 32.6 Å². The number of carbonyl (C=O) groups is 2. The number of carbonyl (C=O) groups excluding carboxylic acids is 2. The summed E-state index contributed by atoms with van der Waals surface area (Å²) in [7, 11) is 0. The average Bonchev–Trinajstić information content (AvgIpc) is 3.53. The number of ether oxygens (including phenoxy) is 1. The molecule has 6 heterocycles. The molecule has 282 valence electrons. The Hall–Kier alpha value is -5.07. The van der Waals surface area contributed by atoms with Crippen LogP contribution in [0.15, 0.2) is 35.4 Å². The van der Waals surface area contributed by atoms with Gasteiger partial charge in [-0.2, -0.15) is 22.7 Å². The Morgan fingerprint density at radius 3 is 2.57 bits per heavy atom. The molecule has 0 bridgehead atoms.